The molecule has 4 aromatic rings. The summed E-state index contributed by atoms with van der Waals surface area (Å²) < 4.78 is 0. The molecule has 0 heterocycles. The minimum absolute atomic E-state index is 0.826. The molecule has 0 radical (unpaired) electrons. The molecule has 4 aromatic carbocycles. The normalized spacial score (nSPS) is 10.4. The van der Waals surface area contributed by atoms with Crippen LogP contribution < -0.4 is 0 Å². The van der Waals surface area contributed by atoms with E-state index in [4.69, 9.17) is 17.0 Å². The van der Waals surface area contributed by atoms with Crippen molar-refractivity contribution in [2.24, 2.45) is 0 Å². The van der Waals surface area contributed by atoms with Crippen LogP contribution in [-0.4, -0.2) is 0 Å². The van der Waals surface area contributed by atoms with Gasteiger partial charge in [-0.3, -0.25) is 0 Å². The first-order chi connectivity index (χ1) is 13.2. The molecule has 0 amide bonds. The van der Waals surface area contributed by atoms with Crippen LogP contribution in [0.3, 0.4) is 0 Å². The maximum atomic E-state index is 4.93. The topological polar surface area (TPSA) is 0 Å². The zero-order chi connectivity index (χ0) is 19.2. The van der Waals surface area contributed by atoms with Crippen molar-refractivity contribution in [3.05, 3.63) is 90.0 Å². The van der Waals surface area contributed by atoms with Crippen LogP contribution in [0.1, 0.15) is 18.1 Å². The van der Waals surface area contributed by atoms with Gasteiger partial charge in [-0.15, -0.1) is 34.5 Å². The molecule has 0 atom stereocenters. The summed E-state index contributed by atoms with van der Waals surface area (Å²) in [6.07, 6.45) is 1.05. The van der Waals surface area contributed by atoms with Gasteiger partial charge in [0.2, 0.25) is 0 Å². The van der Waals surface area contributed by atoms with Gasteiger partial charge in [0.1, 0.15) is 0 Å². The molecular weight excluding hydrogens is 450 g/mol. The van der Waals surface area contributed by atoms with Crippen LogP contribution in [0.2, 0.25) is 0 Å². The molecule has 4 rings (SSSR count). The molecule has 0 bridgehead atoms. The van der Waals surface area contributed by atoms with Crippen molar-refractivity contribution in [1.82, 2.24) is 0 Å². The molecular formula is C24H21Cl2Zr-. The summed E-state index contributed by atoms with van der Waals surface area (Å²) in [5.41, 5.74) is 8.08. The standard InChI is InChI=1S/C24H21.2ClH.Zr/c1-3-18-13-14-20-15-21(19-10-5-4-6-11-19)16-23(20)24(18)22-12-8-7-9-17(22)2;;;/h4-16H,3H2,1-2H3;2*1H;/q-1;;;+2/p-2. The van der Waals surface area contributed by atoms with Crippen LogP contribution in [0.5, 0.6) is 0 Å². The Bertz CT molecular complexity index is 1020. The second kappa shape index (κ2) is 9.78. The molecule has 0 saturated carbocycles. The first-order valence-electron chi connectivity index (χ1n) is 8.99. The molecule has 0 aliphatic carbocycles. The van der Waals surface area contributed by atoms with Crippen LogP contribution >= 0.6 is 17.0 Å². The van der Waals surface area contributed by atoms with Crippen LogP contribution in [0.4, 0.5) is 0 Å². The Kier molecular flexibility index (Phi) is 7.42. The molecule has 0 aliphatic heterocycles. The summed E-state index contributed by atoms with van der Waals surface area (Å²) >= 11 is -0.826. The van der Waals surface area contributed by atoms with E-state index in [1.54, 1.807) is 0 Å². The number of rotatable bonds is 3. The Labute approximate surface area is 180 Å². The van der Waals surface area contributed by atoms with E-state index in [2.05, 4.69) is 92.7 Å². The van der Waals surface area contributed by atoms with Crippen LogP contribution in [0.15, 0.2) is 78.9 Å². The molecule has 0 spiro atoms. The third-order valence-corrected chi connectivity index (χ3v) is 4.88. The van der Waals surface area contributed by atoms with Crippen LogP contribution in [0.25, 0.3) is 33.0 Å². The van der Waals surface area contributed by atoms with Crippen LogP contribution in [-0.2, 0) is 27.3 Å². The molecule has 3 heteroatoms. The summed E-state index contributed by atoms with van der Waals surface area (Å²) in [5.74, 6) is 0. The molecule has 0 aliphatic rings. The van der Waals surface area contributed by atoms with E-state index in [-0.39, 0.29) is 0 Å². The summed E-state index contributed by atoms with van der Waals surface area (Å²) in [6.45, 7) is 4.44. The molecule has 27 heavy (non-hydrogen) atoms. The Morgan fingerprint density at radius 1 is 0.889 bits per heavy atom. The maximum absolute atomic E-state index is 4.93. The van der Waals surface area contributed by atoms with Crippen LogP contribution in [0, 0.1) is 6.92 Å². The van der Waals surface area contributed by atoms with Crippen molar-refractivity contribution >= 4 is 27.8 Å². The average Bonchev–Trinajstić information content (AvgIpc) is 3.13. The van der Waals surface area contributed by atoms with E-state index in [0.717, 1.165) is 6.42 Å². The summed E-state index contributed by atoms with van der Waals surface area (Å²) in [7, 11) is 9.87. The number of halogens is 2. The molecule has 0 N–H and O–H groups in total. The van der Waals surface area contributed by atoms with E-state index in [1.165, 1.54) is 44.2 Å². The predicted molar refractivity (Wildman–Crippen MR) is 116 cm³/mol. The monoisotopic (exact) mass is 469 g/mol. The molecule has 0 fully saturated rings. The Morgan fingerprint density at radius 2 is 1.56 bits per heavy atom. The van der Waals surface area contributed by atoms with Gasteiger partial charge in [-0.2, -0.15) is 0 Å². The zero-order valence-corrected chi connectivity index (χ0v) is 19.4. The molecule has 0 nitrogen and oxygen atoms in total. The fraction of sp³-hybridized carbons (Fsp3) is 0.125. The summed E-state index contributed by atoms with van der Waals surface area (Å²) in [4.78, 5) is 0. The second-order valence-electron chi connectivity index (χ2n) is 6.45. The molecule has 136 valence electrons. The van der Waals surface area contributed by atoms with Gasteiger partial charge in [0.15, 0.2) is 0 Å². The number of hydrogen-bond acceptors (Lipinski definition) is 0. The second-order valence-corrected chi connectivity index (χ2v) is 10.2. The fourth-order valence-corrected chi connectivity index (χ4v) is 3.59. The molecule has 0 saturated heterocycles. The predicted octanol–water partition coefficient (Wildman–Crippen LogP) is 8.14. The van der Waals surface area contributed by atoms with E-state index in [0.29, 0.717) is 0 Å². The van der Waals surface area contributed by atoms with Crippen molar-refractivity contribution < 1.29 is 20.8 Å². The third-order valence-electron chi connectivity index (χ3n) is 4.88. The fourth-order valence-electron chi connectivity index (χ4n) is 3.59. The SMILES string of the molecule is CCc1ccc2[cH-]c(-c3ccccc3)cc2c1-c1ccccc1C.[Cl][Zr][Cl]. The van der Waals surface area contributed by atoms with Gasteiger partial charge in [0.05, 0.1) is 0 Å². The average molecular weight is 472 g/mol. The van der Waals surface area contributed by atoms with Gasteiger partial charge in [-0.1, -0.05) is 78.7 Å². The van der Waals surface area contributed by atoms with E-state index in [1.807, 2.05) is 0 Å². The Morgan fingerprint density at radius 3 is 2.22 bits per heavy atom. The number of benzene rings is 3. The van der Waals surface area contributed by atoms with Gasteiger partial charge >= 0.3 is 37.9 Å². The molecule has 0 unspecified atom stereocenters. The van der Waals surface area contributed by atoms with Crippen molar-refractivity contribution in [3.63, 3.8) is 0 Å². The van der Waals surface area contributed by atoms with Gasteiger partial charge in [-0.05, 0) is 30.0 Å². The Balaban J connectivity index is 0.000000659. The van der Waals surface area contributed by atoms with E-state index >= 15 is 0 Å². The van der Waals surface area contributed by atoms with E-state index in [9.17, 15) is 0 Å². The minimum atomic E-state index is -0.826. The zero-order valence-electron chi connectivity index (χ0n) is 15.5. The van der Waals surface area contributed by atoms with Crippen molar-refractivity contribution in [3.8, 4) is 22.3 Å². The first-order valence-corrected chi connectivity index (χ1v) is 15.3. The molecule has 0 aromatic heterocycles. The van der Waals surface area contributed by atoms with Gasteiger partial charge in [0.25, 0.3) is 0 Å². The van der Waals surface area contributed by atoms with Crippen molar-refractivity contribution in [2.45, 2.75) is 20.3 Å². The quantitative estimate of drug-likeness (QED) is 0.265. The van der Waals surface area contributed by atoms with Crippen molar-refractivity contribution in [1.29, 1.82) is 0 Å². The van der Waals surface area contributed by atoms with E-state index < -0.39 is 20.8 Å². The van der Waals surface area contributed by atoms with Gasteiger partial charge in [-0.25, -0.2) is 0 Å². The van der Waals surface area contributed by atoms with Crippen molar-refractivity contribution in [2.75, 3.05) is 0 Å². The number of fused-ring (bicyclic) bond motifs is 1. The number of aryl methyl sites for hydroxylation is 2. The third kappa shape index (κ3) is 4.60. The van der Waals surface area contributed by atoms with Gasteiger partial charge < -0.3 is 0 Å². The van der Waals surface area contributed by atoms with Gasteiger partial charge in [0, 0.05) is 0 Å². The Hall–Kier alpha value is -1.27. The number of hydrogen-bond donors (Lipinski definition) is 0. The first kappa shape index (κ1) is 20.5. The summed E-state index contributed by atoms with van der Waals surface area (Å²) in [5, 5.41) is 2.69. The summed E-state index contributed by atoms with van der Waals surface area (Å²) in [6, 6.07) is 28.6.